The van der Waals surface area contributed by atoms with E-state index >= 15 is 0 Å². The van der Waals surface area contributed by atoms with E-state index in [4.69, 9.17) is 0 Å². The first-order chi connectivity index (χ1) is 12.6. The second-order valence-corrected chi connectivity index (χ2v) is 6.73. The Morgan fingerprint density at radius 3 is 2.65 bits per heavy atom. The van der Waals surface area contributed by atoms with Gasteiger partial charge in [0.2, 0.25) is 5.91 Å². The Morgan fingerprint density at radius 1 is 1.08 bits per heavy atom. The van der Waals surface area contributed by atoms with Crippen LogP contribution >= 0.6 is 11.8 Å². The Hall–Kier alpha value is -2.73. The Balaban J connectivity index is 1.62. The highest BCUT2D eigenvalue weighted by molar-refractivity contribution is 7.99. The summed E-state index contributed by atoms with van der Waals surface area (Å²) in [6.45, 7) is 2.35. The third-order valence-electron chi connectivity index (χ3n) is 3.60. The van der Waals surface area contributed by atoms with Gasteiger partial charge in [0.25, 0.3) is 0 Å². The van der Waals surface area contributed by atoms with Crippen molar-refractivity contribution >= 4 is 17.7 Å². The molecule has 0 saturated carbocycles. The Morgan fingerprint density at radius 2 is 1.88 bits per heavy atom. The van der Waals surface area contributed by atoms with E-state index in [2.05, 4.69) is 15.3 Å². The maximum atomic E-state index is 13.4. The summed E-state index contributed by atoms with van der Waals surface area (Å²) in [6, 6.07) is 17.7. The summed E-state index contributed by atoms with van der Waals surface area (Å²) in [5.41, 5.74) is 2.44. The molecule has 0 fully saturated rings. The summed E-state index contributed by atoms with van der Waals surface area (Å²) in [5.74, 6) is 0.313. The molecule has 0 unspecified atom stereocenters. The van der Waals surface area contributed by atoms with Crippen LogP contribution in [0.3, 0.4) is 0 Å². The molecule has 26 heavy (non-hydrogen) atoms. The van der Waals surface area contributed by atoms with E-state index in [1.807, 2.05) is 43.3 Å². The lowest BCUT2D eigenvalue weighted by molar-refractivity contribution is -0.118. The molecule has 3 rings (SSSR count). The zero-order valence-electron chi connectivity index (χ0n) is 14.3. The standard InChI is InChI=1S/C20H18FN3OS/c1-14-10-19(24-20(23-14)16-8-5-9-17(21)11-16)26-13-18(25)22-12-15-6-3-2-4-7-15/h2-11H,12-13H2,1H3,(H,22,25). The van der Waals surface area contributed by atoms with Crippen LogP contribution in [0.5, 0.6) is 0 Å². The summed E-state index contributed by atoms with van der Waals surface area (Å²) in [4.78, 5) is 20.8. The summed E-state index contributed by atoms with van der Waals surface area (Å²) in [5, 5.41) is 3.57. The summed E-state index contributed by atoms with van der Waals surface area (Å²) in [6.07, 6.45) is 0. The first kappa shape index (κ1) is 18.1. The van der Waals surface area contributed by atoms with E-state index < -0.39 is 0 Å². The minimum Gasteiger partial charge on any atom is -0.351 e. The molecule has 0 bridgehead atoms. The number of carbonyl (C=O) groups excluding carboxylic acids is 1. The molecular weight excluding hydrogens is 349 g/mol. The largest absolute Gasteiger partial charge is 0.351 e. The van der Waals surface area contributed by atoms with Gasteiger partial charge in [-0.25, -0.2) is 14.4 Å². The normalized spacial score (nSPS) is 10.5. The minimum atomic E-state index is -0.331. The first-order valence-electron chi connectivity index (χ1n) is 8.15. The summed E-state index contributed by atoms with van der Waals surface area (Å²) in [7, 11) is 0. The topological polar surface area (TPSA) is 54.9 Å². The molecule has 1 amide bonds. The fourth-order valence-electron chi connectivity index (χ4n) is 2.36. The van der Waals surface area contributed by atoms with Crippen LogP contribution in [-0.4, -0.2) is 21.6 Å². The number of aryl methyl sites for hydroxylation is 1. The third-order valence-corrected chi connectivity index (χ3v) is 4.51. The quantitative estimate of drug-likeness (QED) is 0.528. The van der Waals surface area contributed by atoms with Crippen molar-refractivity contribution < 1.29 is 9.18 Å². The molecule has 1 N–H and O–H groups in total. The molecule has 6 heteroatoms. The zero-order valence-corrected chi connectivity index (χ0v) is 15.1. The molecule has 0 aliphatic carbocycles. The number of halogens is 1. The van der Waals surface area contributed by atoms with Crippen LogP contribution in [0.25, 0.3) is 11.4 Å². The lowest BCUT2D eigenvalue weighted by Gasteiger charge is -2.07. The van der Waals surface area contributed by atoms with E-state index in [1.54, 1.807) is 12.1 Å². The predicted octanol–water partition coefficient (Wildman–Crippen LogP) is 4.00. The maximum absolute atomic E-state index is 13.4. The lowest BCUT2D eigenvalue weighted by Crippen LogP contribution is -2.24. The van der Waals surface area contributed by atoms with Crippen molar-refractivity contribution in [1.29, 1.82) is 0 Å². The molecule has 1 heterocycles. The molecule has 3 aromatic rings. The van der Waals surface area contributed by atoms with E-state index in [0.29, 0.717) is 23.0 Å². The van der Waals surface area contributed by atoms with Gasteiger partial charge in [-0.1, -0.05) is 54.2 Å². The second-order valence-electron chi connectivity index (χ2n) is 5.73. The maximum Gasteiger partial charge on any atom is 0.230 e. The van der Waals surface area contributed by atoms with Gasteiger partial charge < -0.3 is 5.32 Å². The number of rotatable bonds is 6. The van der Waals surface area contributed by atoms with Gasteiger partial charge in [-0.05, 0) is 30.7 Å². The molecule has 0 aliphatic heterocycles. The molecule has 0 atom stereocenters. The average molecular weight is 367 g/mol. The first-order valence-corrected chi connectivity index (χ1v) is 9.14. The van der Waals surface area contributed by atoms with Gasteiger partial charge in [0.1, 0.15) is 10.8 Å². The van der Waals surface area contributed by atoms with Crippen molar-refractivity contribution in [1.82, 2.24) is 15.3 Å². The number of hydrogen-bond donors (Lipinski definition) is 1. The van der Waals surface area contributed by atoms with Crippen LogP contribution in [0.2, 0.25) is 0 Å². The van der Waals surface area contributed by atoms with Crippen LogP contribution in [0.15, 0.2) is 65.7 Å². The van der Waals surface area contributed by atoms with Crippen LogP contribution < -0.4 is 5.32 Å². The van der Waals surface area contributed by atoms with Gasteiger partial charge in [-0.2, -0.15) is 0 Å². The van der Waals surface area contributed by atoms with Gasteiger partial charge >= 0.3 is 0 Å². The molecule has 2 aromatic carbocycles. The predicted molar refractivity (Wildman–Crippen MR) is 101 cm³/mol. The highest BCUT2D eigenvalue weighted by Crippen LogP contribution is 2.22. The number of hydrogen-bond acceptors (Lipinski definition) is 4. The Labute approximate surface area is 155 Å². The fraction of sp³-hybridized carbons (Fsp3) is 0.150. The van der Waals surface area contributed by atoms with Crippen LogP contribution in [0, 0.1) is 12.7 Å². The van der Waals surface area contributed by atoms with Gasteiger partial charge in [0.05, 0.1) is 5.75 Å². The van der Waals surface area contributed by atoms with Gasteiger partial charge in [0.15, 0.2) is 5.82 Å². The number of aromatic nitrogens is 2. The minimum absolute atomic E-state index is 0.0672. The number of amides is 1. The molecule has 0 saturated heterocycles. The average Bonchev–Trinajstić information content (AvgIpc) is 2.65. The smallest absolute Gasteiger partial charge is 0.230 e. The van der Waals surface area contributed by atoms with E-state index in [9.17, 15) is 9.18 Å². The summed E-state index contributed by atoms with van der Waals surface area (Å²) >= 11 is 1.33. The summed E-state index contributed by atoms with van der Waals surface area (Å²) < 4.78 is 13.4. The lowest BCUT2D eigenvalue weighted by atomic mass is 10.2. The molecule has 0 aliphatic rings. The van der Waals surface area contributed by atoms with E-state index in [1.165, 1.54) is 23.9 Å². The Kier molecular flexibility index (Phi) is 5.96. The second kappa shape index (κ2) is 8.58. The van der Waals surface area contributed by atoms with Crippen molar-refractivity contribution in [3.05, 3.63) is 77.7 Å². The molecular formula is C20H18FN3OS. The number of nitrogens with one attached hydrogen (secondary N) is 1. The van der Waals surface area contributed by atoms with E-state index in [0.717, 1.165) is 11.3 Å². The van der Waals surface area contributed by atoms with Crippen molar-refractivity contribution in [3.63, 3.8) is 0 Å². The van der Waals surface area contributed by atoms with Crippen molar-refractivity contribution in [2.75, 3.05) is 5.75 Å². The highest BCUT2D eigenvalue weighted by atomic mass is 32.2. The SMILES string of the molecule is Cc1cc(SCC(=O)NCc2ccccc2)nc(-c2cccc(F)c2)n1. The van der Waals surface area contributed by atoms with Crippen molar-refractivity contribution in [2.24, 2.45) is 0 Å². The zero-order chi connectivity index (χ0) is 18.4. The highest BCUT2D eigenvalue weighted by Gasteiger charge is 2.09. The van der Waals surface area contributed by atoms with Crippen LogP contribution in [0.1, 0.15) is 11.3 Å². The van der Waals surface area contributed by atoms with E-state index in [-0.39, 0.29) is 17.5 Å². The van der Waals surface area contributed by atoms with Crippen molar-refractivity contribution in [2.45, 2.75) is 18.5 Å². The molecule has 132 valence electrons. The van der Waals surface area contributed by atoms with Gasteiger partial charge in [0, 0.05) is 17.8 Å². The third kappa shape index (κ3) is 5.13. The molecule has 0 spiro atoms. The van der Waals surface area contributed by atoms with Crippen LogP contribution in [-0.2, 0) is 11.3 Å². The van der Waals surface area contributed by atoms with Crippen molar-refractivity contribution in [3.8, 4) is 11.4 Å². The molecule has 0 radical (unpaired) electrons. The number of carbonyl (C=O) groups is 1. The van der Waals surface area contributed by atoms with Gasteiger partial charge in [-0.3, -0.25) is 4.79 Å². The fourth-order valence-corrected chi connectivity index (χ4v) is 3.14. The van der Waals surface area contributed by atoms with Crippen LogP contribution in [0.4, 0.5) is 4.39 Å². The number of nitrogens with zero attached hydrogens (tertiary/aromatic N) is 2. The number of benzene rings is 2. The monoisotopic (exact) mass is 367 g/mol. The molecule has 4 nitrogen and oxygen atoms in total. The van der Waals surface area contributed by atoms with Gasteiger partial charge in [-0.15, -0.1) is 0 Å². The number of thioether (sulfide) groups is 1. The molecule has 1 aromatic heterocycles. The Bertz CT molecular complexity index is 903.